The van der Waals surface area contributed by atoms with Crippen LogP contribution in [0.2, 0.25) is 0 Å². The maximum Gasteiger partial charge on any atom is 0.243 e. The summed E-state index contributed by atoms with van der Waals surface area (Å²) in [5, 5.41) is 16.5. The van der Waals surface area contributed by atoms with Crippen LogP contribution in [0.4, 0.5) is 5.69 Å². The van der Waals surface area contributed by atoms with Crippen LogP contribution in [0.1, 0.15) is 25.2 Å². The molecule has 1 fully saturated rings. The van der Waals surface area contributed by atoms with E-state index in [1.807, 2.05) is 0 Å². The summed E-state index contributed by atoms with van der Waals surface area (Å²) in [4.78, 5) is 20.6. The Balaban J connectivity index is 1.40. The first-order valence-electron chi connectivity index (χ1n) is 9.79. The molecule has 4 rings (SSSR count). The average Bonchev–Trinajstić information content (AvgIpc) is 3.47. The molecule has 2 N–H and O–H groups in total. The number of anilines is 1. The van der Waals surface area contributed by atoms with Gasteiger partial charge in [-0.1, -0.05) is 5.16 Å². The quantitative estimate of drug-likeness (QED) is 0.530. The van der Waals surface area contributed by atoms with E-state index in [0.717, 1.165) is 12.8 Å². The van der Waals surface area contributed by atoms with E-state index in [0.29, 0.717) is 24.5 Å². The van der Waals surface area contributed by atoms with Crippen LogP contribution < -0.4 is 5.32 Å². The second-order valence-electron chi connectivity index (χ2n) is 7.09. The van der Waals surface area contributed by atoms with E-state index in [9.17, 15) is 18.3 Å². The summed E-state index contributed by atoms with van der Waals surface area (Å²) in [6.45, 7) is 0.937. The third-order valence-corrected chi connectivity index (χ3v) is 6.79. The number of carbonyl (C=O) groups excluding carboxylic acids is 1. The second-order valence-corrected chi connectivity index (χ2v) is 9.03. The molecule has 1 aliphatic heterocycles. The first-order valence-corrected chi connectivity index (χ1v) is 11.2. The summed E-state index contributed by atoms with van der Waals surface area (Å²) in [5.41, 5.74) is 0.731. The van der Waals surface area contributed by atoms with Gasteiger partial charge in [0.15, 0.2) is 0 Å². The number of sulfonamides is 1. The lowest BCUT2D eigenvalue weighted by Crippen LogP contribution is -2.28. The Hall–Kier alpha value is -3.31. The highest BCUT2D eigenvalue weighted by atomic mass is 32.2. The number of hydrogen-bond donors (Lipinski definition) is 2. The zero-order chi connectivity index (χ0) is 21.8. The minimum Gasteiger partial charge on any atom is -0.506 e. The van der Waals surface area contributed by atoms with Gasteiger partial charge < -0.3 is 14.9 Å². The van der Waals surface area contributed by atoms with Crippen LogP contribution in [0.15, 0.2) is 52.1 Å². The van der Waals surface area contributed by atoms with Gasteiger partial charge in [-0.05, 0) is 43.2 Å². The van der Waals surface area contributed by atoms with Crippen LogP contribution in [0, 0.1) is 0 Å². The van der Waals surface area contributed by atoms with Crippen molar-refractivity contribution in [3.05, 3.63) is 48.6 Å². The molecule has 1 aliphatic rings. The Morgan fingerprint density at radius 3 is 2.77 bits per heavy atom. The molecule has 10 nitrogen and oxygen atoms in total. The van der Waals surface area contributed by atoms with Gasteiger partial charge in [0.1, 0.15) is 5.75 Å². The highest BCUT2D eigenvalue weighted by Gasteiger charge is 2.28. The van der Waals surface area contributed by atoms with Crippen molar-refractivity contribution in [2.75, 3.05) is 18.4 Å². The highest BCUT2D eigenvalue weighted by molar-refractivity contribution is 7.89. The number of hydrogen-bond acceptors (Lipinski definition) is 8. The number of aromatic nitrogens is 3. The minimum absolute atomic E-state index is 0.0111. The fourth-order valence-corrected chi connectivity index (χ4v) is 4.80. The molecule has 0 saturated carbocycles. The molecule has 11 heteroatoms. The molecule has 162 valence electrons. The van der Waals surface area contributed by atoms with E-state index >= 15 is 0 Å². The molecular formula is C20H21N5O5S. The van der Waals surface area contributed by atoms with Gasteiger partial charge in [0.05, 0.1) is 10.6 Å². The van der Waals surface area contributed by atoms with Crippen LogP contribution in [0.3, 0.4) is 0 Å². The van der Waals surface area contributed by atoms with Crippen molar-refractivity contribution in [2.45, 2.75) is 30.6 Å². The largest absolute Gasteiger partial charge is 0.506 e. The average molecular weight is 443 g/mol. The van der Waals surface area contributed by atoms with E-state index in [1.165, 1.54) is 22.5 Å². The topological polar surface area (TPSA) is 139 Å². The molecule has 0 spiro atoms. The first-order chi connectivity index (χ1) is 14.9. The number of aromatic hydroxyl groups is 1. The Kier molecular flexibility index (Phi) is 5.96. The lowest BCUT2D eigenvalue weighted by atomic mass is 10.2. The number of rotatable bonds is 7. The summed E-state index contributed by atoms with van der Waals surface area (Å²) >= 11 is 0. The highest BCUT2D eigenvalue weighted by Crippen LogP contribution is 2.29. The van der Waals surface area contributed by atoms with Gasteiger partial charge in [-0.25, -0.2) is 8.42 Å². The number of nitrogens with one attached hydrogen (secondary N) is 1. The maximum atomic E-state index is 12.7. The van der Waals surface area contributed by atoms with Crippen molar-refractivity contribution in [2.24, 2.45) is 0 Å². The smallest absolute Gasteiger partial charge is 0.243 e. The molecular weight excluding hydrogens is 422 g/mol. The van der Waals surface area contributed by atoms with Crippen LogP contribution in [0.5, 0.6) is 5.75 Å². The fourth-order valence-electron chi connectivity index (χ4n) is 3.26. The number of benzene rings is 1. The predicted molar refractivity (Wildman–Crippen MR) is 111 cm³/mol. The molecule has 31 heavy (non-hydrogen) atoms. The Morgan fingerprint density at radius 2 is 2.03 bits per heavy atom. The fraction of sp³-hybridized carbons (Fsp3) is 0.300. The molecule has 1 amide bonds. The van der Waals surface area contributed by atoms with Crippen LogP contribution in [-0.4, -0.2) is 52.0 Å². The van der Waals surface area contributed by atoms with E-state index in [4.69, 9.17) is 4.52 Å². The summed E-state index contributed by atoms with van der Waals surface area (Å²) < 4.78 is 32.0. The van der Waals surface area contributed by atoms with Crippen LogP contribution in [-0.2, 0) is 21.2 Å². The Labute approximate surface area is 179 Å². The van der Waals surface area contributed by atoms with Crippen molar-refractivity contribution in [1.29, 1.82) is 0 Å². The van der Waals surface area contributed by atoms with Crippen molar-refractivity contribution in [3.8, 4) is 17.1 Å². The predicted octanol–water partition coefficient (Wildman–Crippen LogP) is 2.19. The lowest BCUT2D eigenvalue weighted by molar-refractivity contribution is -0.116. The molecule has 0 unspecified atom stereocenters. The summed E-state index contributed by atoms with van der Waals surface area (Å²) in [6, 6.07) is 7.41. The van der Waals surface area contributed by atoms with Gasteiger partial charge in [-0.2, -0.15) is 9.29 Å². The second kappa shape index (κ2) is 8.82. The van der Waals surface area contributed by atoms with Crippen molar-refractivity contribution < 1.29 is 22.8 Å². The normalized spacial score (nSPS) is 14.6. The molecule has 0 aliphatic carbocycles. The van der Waals surface area contributed by atoms with Gasteiger partial charge in [-0.3, -0.25) is 9.78 Å². The molecule has 1 aromatic carbocycles. The van der Waals surface area contributed by atoms with Crippen molar-refractivity contribution in [1.82, 2.24) is 19.4 Å². The molecule has 0 atom stereocenters. The van der Waals surface area contributed by atoms with E-state index in [-0.39, 0.29) is 35.1 Å². The number of nitrogens with zero attached hydrogens (tertiary/aromatic N) is 4. The maximum absolute atomic E-state index is 12.7. The number of aryl methyl sites for hydroxylation is 1. The van der Waals surface area contributed by atoms with E-state index in [2.05, 4.69) is 20.4 Å². The molecule has 3 aromatic rings. The van der Waals surface area contributed by atoms with Gasteiger partial charge >= 0.3 is 0 Å². The summed E-state index contributed by atoms with van der Waals surface area (Å²) in [6.07, 6.45) is 5.07. The molecule has 1 saturated heterocycles. The molecule has 3 heterocycles. The van der Waals surface area contributed by atoms with E-state index < -0.39 is 15.9 Å². The first kappa shape index (κ1) is 20.9. The number of pyridine rings is 1. The Morgan fingerprint density at radius 1 is 1.23 bits per heavy atom. The number of phenols is 1. The number of amides is 1. The monoisotopic (exact) mass is 443 g/mol. The van der Waals surface area contributed by atoms with E-state index in [1.54, 1.807) is 24.5 Å². The SMILES string of the molecule is O=C(CCc1nc(-c2cccnc2)no1)Nc1cc(S(=O)(=O)N2CCCC2)ccc1O. The number of carbonyl (C=O) groups is 1. The van der Waals surface area contributed by atoms with Crippen molar-refractivity contribution in [3.63, 3.8) is 0 Å². The van der Waals surface area contributed by atoms with Crippen LogP contribution in [0.25, 0.3) is 11.4 Å². The lowest BCUT2D eigenvalue weighted by Gasteiger charge is -2.16. The Bertz CT molecular complexity index is 1170. The summed E-state index contributed by atoms with van der Waals surface area (Å²) in [5.74, 6) is 0.0158. The van der Waals surface area contributed by atoms with Gasteiger partial charge in [-0.15, -0.1) is 0 Å². The third-order valence-electron chi connectivity index (χ3n) is 4.90. The summed E-state index contributed by atoms with van der Waals surface area (Å²) in [7, 11) is -3.66. The molecule has 0 bridgehead atoms. The van der Waals surface area contributed by atoms with Crippen LogP contribution >= 0.6 is 0 Å². The molecule has 2 aromatic heterocycles. The zero-order valence-electron chi connectivity index (χ0n) is 16.6. The standard InChI is InChI=1S/C20H21N5O5S/c26-17-6-5-15(31(28,29)25-10-1-2-11-25)12-16(17)22-18(27)7-8-19-23-20(24-30-19)14-4-3-9-21-13-14/h3-6,9,12-13,26H,1-2,7-8,10-11H2,(H,22,27). The van der Waals surface area contributed by atoms with Gasteiger partial charge in [0.25, 0.3) is 0 Å². The minimum atomic E-state index is -3.66. The van der Waals surface area contributed by atoms with Gasteiger partial charge in [0.2, 0.25) is 27.6 Å². The molecule has 0 radical (unpaired) electrons. The van der Waals surface area contributed by atoms with Crippen molar-refractivity contribution >= 4 is 21.6 Å². The van der Waals surface area contributed by atoms with Gasteiger partial charge in [0, 0.05) is 43.9 Å². The third kappa shape index (κ3) is 4.72. The zero-order valence-corrected chi connectivity index (χ0v) is 17.4. The number of phenolic OH excluding ortho intramolecular Hbond substituents is 1.